The van der Waals surface area contributed by atoms with E-state index >= 15 is 0 Å². The Hall–Kier alpha value is -4.72. The second-order valence-electron chi connectivity index (χ2n) is 7.36. The maximum atomic E-state index is 12.2. The second kappa shape index (κ2) is 7.45. The molecule has 8 nitrogen and oxygen atoms in total. The quantitative estimate of drug-likeness (QED) is 0.386. The third kappa shape index (κ3) is 3.43. The Kier molecular flexibility index (Phi) is 4.29. The van der Waals surface area contributed by atoms with Gasteiger partial charge in [-0.15, -0.1) is 0 Å². The molecule has 33 heavy (non-hydrogen) atoms. The summed E-state index contributed by atoms with van der Waals surface area (Å²) < 4.78 is 22.3. The normalized spacial score (nSPS) is 11.4. The third-order valence-electron chi connectivity index (χ3n) is 5.16. The molecule has 6 aromatic rings. The molecule has 0 bridgehead atoms. The third-order valence-corrected chi connectivity index (χ3v) is 5.16. The van der Waals surface area contributed by atoms with Gasteiger partial charge in [-0.25, -0.2) is 19.6 Å². The van der Waals surface area contributed by atoms with Gasteiger partial charge in [0.05, 0.1) is 28.2 Å². The first-order chi connectivity index (χ1) is 16.1. The van der Waals surface area contributed by atoms with Gasteiger partial charge in [0.2, 0.25) is 0 Å². The number of furan rings is 2. The van der Waals surface area contributed by atoms with Crippen LogP contribution in [0.2, 0.25) is 0 Å². The maximum absolute atomic E-state index is 12.2. The molecule has 160 valence electrons. The number of fused-ring (bicyclic) bond motifs is 2. The average molecular weight is 438 g/mol. The minimum atomic E-state index is -0.478. The molecule has 0 aliphatic carbocycles. The summed E-state index contributed by atoms with van der Waals surface area (Å²) in [6.45, 7) is 0. The van der Waals surface area contributed by atoms with Crippen LogP contribution in [0, 0.1) is 0 Å². The van der Waals surface area contributed by atoms with Crippen LogP contribution in [0.5, 0.6) is 0 Å². The molecule has 0 aliphatic rings. The number of para-hydroxylation sites is 2. The fraction of sp³-hybridized carbons (Fsp3) is 0.0400. The van der Waals surface area contributed by atoms with Crippen molar-refractivity contribution in [3.05, 3.63) is 105 Å². The minimum Gasteiger partial charge on any atom is -0.456 e. The molecule has 0 aliphatic heterocycles. The molecular formula is C25H14N2O6. The first-order valence-electron chi connectivity index (χ1n) is 10.1. The Morgan fingerprint density at radius 1 is 0.545 bits per heavy atom. The first-order valence-corrected chi connectivity index (χ1v) is 10.1. The van der Waals surface area contributed by atoms with Crippen molar-refractivity contribution in [2.24, 2.45) is 0 Å². The van der Waals surface area contributed by atoms with Crippen molar-refractivity contribution in [1.82, 2.24) is 9.97 Å². The molecule has 0 atom stereocenters. The van der Waals surface area contributed by atoms with E-state index in [-0.39, 0.29) is 11.8 Å². The summed E-state index contributed by atoms with van der Waals surface area (Å²) in [5.41, 5.74) is 0.103. The van der Waals surface area contributed by atoms with Crippen molar-refractivity contribution < 1.29 is 17.7 Å². The summed E-state index contributed by atoms with van der Waals surface area (Å²) in [5.74, 6) is 2.04. The smallest absolute Gasteiger partial charge is 0.347 e. The topological polar surface area (TPSA) is 112 Å². The molecular weight excluding hydrogens is 424 g/mol. The van der Waals surface area contributed by atoms with Crippen molar-refractivity contribution in [3.63, 3.8) is 0 Å². The lowest BCUT2D eigenvalue weighted by Crippen LogP contribution is -2.02. The molecule has 6 rings (SSSR count). The van der Waals surface area contributed by atoms with Gasteiger partial charge < -0.3 is 17.7 Å². The van der Waals surface area contributed by atoms with Crippen molar-refractivity contribution in [2.75, 3.05) is 0 Å². The van der Waals surface area contributed by atoms with E-state index < -0.39 is 11.3 Å². The Labute approximate surface area is 184 Å². The van der Waals surface area contributed by atoms with Crippen LogP contribution in [0.25, 0.3) is 45.1 Å². The number of nitrogens with zero attached hydrogens (tertiary/aromatic N) is 2. The lowest BCUT2D eigenvalue weighted by molar-refractivity contribution is 0.446. The summed E-state index contributed by atoms with van der Waals surface area (Å²) in [7, 11) is 0. The van der Waals surface area contributed by atoms with Crippen molar-refractivity contribution in [1.29, 1.82) is 0 Å². The first kappa shape index (κ1) is 19.0. The minimum absolute atomic E-state index is 0.104. The van der Waals surface area contributed by atoms with E-state index in [9.17, 15) is 9.59 Å². The van der Waals surface area contributed by atoms with Gasteiger partial charge in [-0.1, -0.05) is 24.3 Å². The molecule has 0 saturated carbocycles. The van der Waals surface area contributed by atoms with Gasteiger partial charge in [-0.2, -0.15) is 0 Å². The van der Waals surface area contributed by atoms with E-state index in [4.69, 9.17) is 17.7 Å². The molecule has 2 aromatic carbocycles. The van der Waals surface area contributed by atoms with Crippen LogP contribution >= 0.6 is 0 Å². The molecule has 0 fully saturated rings. The lowest BCUT2D eigenvalue weighted by atomic mass is 10.2. The maximum Gasteiger partial charge on any atom is 0.347 e. The van der Waals surface area contributed by atoms with E-state index in [2.05, 4.69) is 9.97 Å². The fourth-order valence-corrected chi connectivity index (χ4v) is 3.60. The highest BCUT2D eigenvalue weighted by molar-refractivity contribution is 5.78. The highest BCUT2D eigenvalue weighted by Gasteiger charge is 2.16. The van der Waals surface area contributed by atoms with Crippen LogP contribution in [0.1, 0.15) is 11.5 Å². The number of hydrogen-bond acceptors (Lipinski definition) is 8. The Morgan fingerprint density at radius 3 is 1.48 bits per heavy atom. The zero-order chi connectivity index (χ0) is 22.4. The van der Waals surface area contributed by atoms with Crippen LogP contribution in [-0.2, 0) is 6.42 Å². The summed E-state index contributed by atoms with van der Waals surface area (Å²) in [5, 5.41) is 0.815. The molecule has 0 amide bonds. The van der Waals surface area contributed by atoms with Gasteiger partial charge in [0.25, 0.3) is 11.8 Å². The van der Waals surface area contributed by atoms with Crippen molar-refractivity contribution >= 4 is 21.8 Å². The van der Waals surface area contributed by atoms with E-state index in [0.29, 0.717) is 51.3 Å². The number of rotatable bonds is 4. The molecule has 0 radical (unpaired) electrons. The predicted molar refractivity (Wildman–Crippen MR) is 119 cm³/mol. The van der Waals surface area contributed by atoms with E-state index in [0.717, 1.165) is 0 Å². The molecule has 0 N–H and O–H groups in total. The standard InChI is InChI=1S/C25H14N2O6/c28-24-16-5-1-3-7-18(16)26-22(32-24)20-11-9-14(30-20)13-15-10-12-21(31-15)23-27-19-8-4-2-6-17(19)25(29)33-23/h1-12H,13H2. The summed E-state index contributed by atoms with van der Waals surface area (Å²) in [6, 6.07) is 20.8. The van der Waals surface area contributed by atoms with Gasteiger partial charge in [-0.05, 0) is 48.5 Å². The zero-order valence-electron chi connectivity index (χ0n) is 17.0. The van der Waals surface area contributed by atoms with Gasteiger partial charge in [-0.3, -0.25) is 0 Å². The SMILES string of the molecule is O=c1oc(-c2ccc(Cc3ccc(-c4nc5ccccc5c(=O)o4)o3)o2)nc2ccccc12. The number of aromatic nitrogens is 2. The number of hydrogen-bond donors (Lipinski definition) is 0. The van der Waals surface area contributed by atoms with Crippen LogP contribution in [0.4, 0.5) is 0 Å². The fourth-order valence-electron chi connectivity index (χ4n) is 3.60. The Balaban J connectivity index is 1.28. The van der Waals surface area contributed by atoms with Crippen LogP contribution in [-0.4, -0.2) is 9.97 Å². The second-order valence-corrected chi connectivity index (χ2v) is 7.36. The molecule has 4 heterocycles. The molecule has 0 spiro atoms. The van der Waals surface area contributed by atoms with Crippen LogP contribution in [0.3, 0.4) is 0 Å². The molecule has 4 aromatic heterocycles. The van der Waals surface area contributed by atoms with Gasteiger partial charge in [0, 0.05) is 0 Å². The predicted octanol–water partition coefficient (Wildman–Crippen LogP) is 4.80. The zero-order valence-corrected chi connectivity index (χ0v) is 17.0. The molecule has 0 unspecified atom stereocenters. The highest BCUT2D eigenvalue weighted by atomic mass is 16.4. The van der Waals surface area contributed by atoms with E-state index in [1.54, 1.807) is 72.8 Å². The van der Waals surface area contributed by atoms with Crippen LogP contribution < -0.4 is 11.3 Å². The summed E-state index contributed by atoms with van der Waals surface area (Å²) in [4.78, 5) is 33.2. The number of benzene rings is 2. The summed E-state index contributed by atoms with van der Waals surface area (Å²) in [6.07, 6.45) is 0.329. The largest absolute Gasteiger partial charge is 0.456 e. The average Bonchev–Trinajstić information content (AvgIpc) is 3.49. The van der Waals surface area contributed by atoms with E-state index in [1.807, 2.05) is 0 Å². The highest BCUT2D eigenvalue weighted by Crippen LogP contribution is 2.26. The molecule has 0 saturated heterocycles. The Morgan fingerprint density at radius 2 is 1.00 bits per heavy atom. The monoisotopic (exact) mass is 438 g/mol. The Bertz CT molecular complexity index is 1630. The lowest BCUT2D eigenvalue weighted by Gasteiger charge is -1.99. The van der Waals surface area contributed by atoms with Crippen molar-refractivity contribution in [3.8, 4) is 23.3 Å². The van der Waals surface area contributed by atoms with Crippen LogP contribution in [0.15, 0.2) is 100 Å². The van der Waals surface area contributed by atoms with Gasteiger partial charge >= 0.3 is 11.3 Å². The summed E-state index contributed by atoms with van der Waals surface area (Å²) >= 11 is 0. The van der Waals surface area contributed by atoms with Crippen molar-refractivity contribution in [2.45, 2.75) is 6.42 Å². The van der Waals surface area contributed by atoms with Gasteiger partial charge in [0.1, 0.15) is 11.5 Å². The molecule has 8 heteroatoms. The van der Waals surface area contributed by atoms with Gasteiger partial charge in [0.15, 0.2) is 11.5 Å². The van der Waals surface area contributed by atoms with E-state index in [1.165, 1.54) is 0 Å².